The molecule has 19 heavy (non-hydrogen) atoms. The molecule has 102 valence electrons. The molecular formula is C12H16BrN5O. The Morgan fingerprint density at radius 1 is 1.58 bits per heavy atom. The first-order valence-electron chi connectivity index (χ1n) is 6.35. The van der Waals surface area contributed by atoms with E-state index in [4.69, 9.17) is 10.2 Å². The summed E-state index contributed by atoms with van der Waals surface area (Å²) < 4.78 is 5.86. The van der Waals surface area contributed by atoms with Crippen molar-refractivity contribution in [3.8, 4) is 11.4 Å². The topological polar surface area (TPSA) is 84.0 Å². The molecule has 0 spiro atoms. The molecule has 3 heterocycles. The van der Waals surface area contributed by atoms with Crippen LogP contribution >= 0.6 is 15.9 Å². The summed E-state index contributed by atoms with van der Waals surface area (Å²) in [6.07, 6.45) is 3.74. The van der Waals surface area contributed by atoms with E-state index in [9.17, 15) is 0 Å². The zero-order valence-corrected chi connectivity index (χ0v) is 12.2. The lowest BCUT2D eigenvalue weighted by Crippen LogP contribution is -2.50. The molecule has 2 atom stereocenters. The Morgan fingerprint density at radius 2 is 2.42 bits per heavy atom. The zero-order valence-electron chi connectivity index (χ0n) is 10.6. The Hall–Kier alpha value is -1.34. The highest BCUT2D eigenvalue weighted by Gasteiger charge is 2.28. The summed E-state index contributed by atoms with van der Waals surface area (Å²) in [7, 11) is 0. The fourth-order valence-corrected chi connectivity index (χ4v) is 2.85. The van der Waals surface area contributed by atoms with Crippen LogP contribution in [0.1, 0.15) is 19.8 Å². The summed E-state index contributed by atoms with van der Waals surface area (Å²) >= 11 is 3.34. The van der Waals surface area contributed by atoms with Gasteiger partial charge in [0.2, 0.25) is 5.95 Å². The summed E-state index contributed by atoms with van der Waals surface area (Å²) in [5.74, 6) is 1.40. The second kappa shape index (κ2) is 4.97. The van der Waals surface area contributed by atoms with Crippen molar-refractivity contribution in [3.05, 3.63) is 17.0 Å². The van der Waals surface area contributed by atoms with Crippen LogP contribution in [0.4, 0.5) is 5.95 Å². The molecule has 0 aromatic carbocycles. The lowest BCUT2D eigenvalue weighted by atomic mass is 9.99. The van der Waals surface area contributed by atoms with E-state index >= 15 is 0 Å². The Morgan fingerprint density at radius 3 is 3.16 bits per heavy atom. The Kier molecular flexibility index (Phi) is 3.32. The summed E-state index contributed by atoms with van der Waals surface area (Å²) in [5, 5.41) is 7.24. The van der Waals surface area contributed by atoms with E-state index in [1.165, 1.54) is 0 Å². The molecule has 0 aliphatic carbocycles. The maximum atomic E-state index is 6.10. The lowest BCUT2D eigenvalue weighted by Gasteiger charge is -2.36. The van der Waals surface area contributed by atoms with Gasteiger partial charge in [0.1, 0.15) is 0 Å². The van der Waals surface area contributed by atoms with Crippen molar-refractivity contribution in [3.63, 3.8) is 0 Å². The standard InChI is InChI=1S/C12H16BrN5O/c1-7-9(14)3-2-5-18(7)12-15-11(16-17-12)8-4-6-19-10(8)13/h4,6-7,9H,2-3,5,14H2,1H3,(H,15,16,17). The number of aromatic amines is 1. The van der Waals surface area contributed by atoms with Gasteiger partial charge in [0.05, 0.1) is 11.8 Å². The third-order valence-electron chi connectivity index (χ3n) is 3.65. The van der Waals surface area contributed by atoms with Crippen LogP contribution in [0.15, 0.2) is 21.4 Å². The predicted octanol–water partition coefficient (Wildman–Crippen LogP) is 2.14. The fourth-order valence-electron chi connectivity index (χ4n) is 2.42. The molecule has 2 unspecified atom stereocenters. The Bertz CT molecular complexity index is 566. The van der Waals surface area contributed by atoms with Gasteiger partial charge in [-0.15, -0.1) is 5.10 Å². The number of anilines is 1. The first-order chi connectivity index (χ1) is 9.16. The van der Waals surface area contributed by atoms with Gasteiger partial charge in [-0.25, -0.2) is 0 Å². The molecule has 2 aromatic heterocycles. The fraction of sp³-hybridized carbons (Fsp3) is 0.500. The Balaban J connectivity index is 1.87. The normalized spacial score (nSPS) is 23.8. The van der Waals surface area contributed by atoms with Crippen LogP contribution in [-0.2, 0) is 0 Å². The van der Waals surface area contributed by atoms with Gasteiger partial charge in [-0.3, -0.25) is 5.10 Å². The first-order valence-corrected chi connectivity index (χ1v) is 7.14. The molecule has 0 radical (unpaired) electrons. The van der Waals surface area contributed by atoms with Gasteiger partial charge in [0.25, 0.3) is 0 Å². The number of hydrogen-bond acceptors (Lipinski definition) is 5. The summed E-state index contributed by atoms with van der Waals surface area (Å²) in [4.78, 5) is 6.69. The predicted molar refractivity (Wildman–Crippen MR) is 75.8 cm³/mol. The number of halogens is 1. The molecule has 1 fully saturated rings. The van der Waals surface area contributed by atoms with Gasteiger partial charge >= 0.3 is 0 Å². The molecule has 3 rings (SSSR count). The van der Waals surface area contributed by atoms with Crippen LogP contribution in [0.2, 0.25) is 0 Å². The summed E-state index contributed by atoms with van der Waals surface area (Å²) in [6, 6.07) is 2.28. The highest BCUT2D eigenvalue weighted by molar-refractivity contribution is 9.10. The number of nitrogens with zero attached hydrogens (tertiary/aromatic N) is 3. The minimum absolute atomic E-state index is 0.177. The van der Waals surface area contributed by atoms with E-state index in [0.717, 1.165) is 24.9 Å². The van der Waals surface area contributed by atoms with E-state index < -0.39 is 0 Å². The minimum atomic E-state index is 0.177. The van der Waals surface area contributed by atoms with Crippen molar-refractivity contribution in [2.45, 2.75) is 31.8 Å². The first kappa shape index (κ1) is 12.7. The van der Waals surface area contributed by atoms with E-state index in [-0.39, 0.29) is 12.1 Å². The molecule has 0 bridgehead atoms. The second-order valence-electron chi connectivity index (χ2n) is 4.83. The van der Waals surface area contributed by atoms with Crippen molar-refractivity contribution in [2.24, 2.45) is 5.73 Å². The molecule has 6 nitrogen and oxygen atoms in total. The van der Waals surface area contributed by atoms with Gasteiger partial charge in [0, 0.05) is 18.6 Å². The highest BCUT2D eigenvalue weighted by atomic mass is 79.9. The third kappa shape index (κ3) is 2.28. The monoisotopic (exact) mass is 325 g/mol. The number of hydrogen-bond donors (Lipinski definition) is 2. The molecule has 0 saturated carbocycles. The van der Waals surface area contributed by atoms with Crippen molar-refractivity contribution in [1.82, 2.24) is 15.2 Å². The molecule has 7 heteroatoms. The van der Waals surface area contributed by atoms with Gasteiger partial charge in [0.15, 0.2) is 10.5 Å². The van der Waals surface area contributed by atoms with Crippen molar-refractivity contribution < 1.29 is 4.42 Å². The van der Waals surface area contributed by atoms with E-state index in [0.29, 0.717) is 16.4 Å². The van der Waals surface area contributed by atoms with Crippen LogP contribution < -0.4 is 10.6 Å². The maximum Gasteiger partial charge on any atom is 0.245 e. The number of piperidine rings is 1. The molecule has 1 aliphatic heterocycles. The van der Waals surface area contributed by atoms with Crippen molar-refractivity contribution >= 4 is 21.9 Å². The average Bonchev–Trinajstić information content (AvgIpc) is 3.01. The highest BCUT2D eigenvalue weighted by Crippen LogP contribution is 2.28. The lowest BCUT2D eigenvalue weighted by molar-refractivity contribution is 0.416. The molecule has 0 amide bonds. The largest absolute Gasteiger partial charge is 0.457 e. The third-order valence-corrected chi connectivity index (χ3v) is 4.27. The number of nitrogens with two attached hydrogens (primary N) is 1. The second-order valence-corrected chi connectivity index (χ2v) is 5.55. The maximum absolute atomic E-state index is 6.10. The summed E-state index contributed by atoms with van der Waals surface area (Å²) in [6.45, 7) is 3.06. The van der Waals surface area contributed by atoms with Gasteiger partial charge in [-0.2, -0.15) is 4.98 Å². The zero-order chi connectivity index (χ0) is 13.4. The molecule has 1 saturated heterocycles. The molecule has 3 N–H and O–H groups in total. The SMILES string of the molecule is CC1C(N)CCCN1c1n[nH]c(-c2ccoc2Br)n1. The molecule has 1 aliphatic rings. The number of aromatic nitrogens is 3. The summed E-state index contributed by atoms with van der Waals surface area (Å²) in [5.41, 5.74) is 6.97. The van der Waals surface area contributed by atoms with Gasteiger partial charge in [-0.05, 0) is 41.8 Å². The molecular weight excluding hydrogens is 310 g/mol. The van der Waals surface area contributed by atoms with Gasteiger partial charge in [-0.1, -0.05) is 0 Å². The number of rotatable bonds is 2. The Labute approximate surface area is 119 Å². The number of H-pyrrole nitrogens is 1. The number of nitrogens with one attached hydrogen (secondary N) is 1. The van der Waals surface area contributed by atoms with Crippen LogP contribution in [0.25, 0.3) is 11.4 Å². The van der Waals surface area contributed by atoms with E-state index in [1.54, 1.807) is 6.26 Å². The average molecular weight is 326 g/mol. The van der Waals surface area contributed by atoms with E-state index in [1.807, 2.05) is 6.07 Å². The quantitative estimate of drug-likeness (QED) is 0.883. The van der Waals surface area contributed by atoms with Crippen molar-refractivity contribution in [1.29, 1.82) is 0 Å². The van der Waals surface area contributed by atoms with Crippen molar-refractivity contribution in [2.75, 3.05) is 11.4 Å². The van der Waals surface area contributed by atoms with Gasteiger partial charge < -0.3 is 15.1 Å². The molecule has 2 aromatic rings. The smallest absolute Gasteiger partial charge is 0.245 e. The van der Waals surface area contributed by atoms with E-state index in [2.05, 4.69) is 42.9 Å². The van der Waals surface area contributed by atoms with Crippen LogP contribution in [0, 0.1) is 0 Å². The van der Waals surface area contributed by atoms with Crippen LogP contribution in [-0.4, -0.2) is 33.8 Å². The number of furan rings is 1. The van der Waals surface area contributed by atoms with Crippen LogP contribution in [0.5, 0.6) is 0 Å². The minimum Gasteiger partial charge on any atom is -0.457 e. The van der Waals surface area contributed by atoms with Crippen LogP contribution in [0.3, 0.4) is 0 Å².